The lowest BCUT2D eigenvalue weighted by molar-refractivity contribution is 0.393. The van der Waals surface area contributed by atoms with E-state index in [2.05, 4.69) is 0 Å². The average molecular weight is 232 g/mol. The number of benzene rings is 1. The van der Waals surface area contributed by atoms with Gasteiger partial charge in [-0.05, 0) is 31.0 Å². The van der Waals surface area contributed by atoms with Crippen LogP contribution in [0, 0.1) is 0 Å². The third-order valence-corrected chi connectivity index (χ3v) is 1.97. The number of hydrogen-bond donors (Lipinski definition) is 1. The molecule has 2 N–H and O–H groups in total. The minimum atomic E-state index is 0. The number of hydrogen-bond acceptors (Lipinski definition) is 3. The molecule has 0 fully saturated rings. The predicted octanol–water partition coefficient (Wildman–Crippen LogP) is 2.02. The Morgan fingerprint density at radius 3 is 1.93 bits per heavy atom. The van der Waals surface area contributed by atoms with Crippen LogP contribution in [0.1, 0.15) is 12.5 Å². The molecule has 0 bridgehead atoms. The summed E-state index contributed by atoms with van der Waals surface area (Å²) in [6.07, 6.45) is 0.827. The van der Waals surface area contributed by atoms with Gasteiger partial charge in [-0.25, -0.2) is 0 Å². The standard InChI is InChI=1S/C11H17NO2.ClH/c1-8(12)4-9-5-10(13-2)7-11(6-9)14-3;/h5-8H,4,12H2,1-3H3;1H/t8-;/m1./s1. The highest BCUT2D eigenvalue weighted by Crippen LogP contribution is 2.22. The summed E-state index contributed by atoms with van der Waals surface area (Å²) in [5, 5.41) is 0. The SMILES string of the molecule is COc1cc(C[C@@H](C)N)cc(OC)c1.Cl. The van der Waals surface area contributed by atoms with Crippen LogP contribution in [0.2, 0.25) is 0 Å². The van der Waals surface area contributed by atoms with Crippen LogP contribution in [0.4, 0.5) is 0 Å². The molecule has 0 aliphatic rings. The molecular weight excluding hydrogens is 214 g/mol. The quantitative estimate of drug-likeness (QED) is 0.862. The van der Waals surface area contributed by atoms with E-state index in [0.717, 1.165) is 23.5 Å². The second-order valence-electron chi connectivity index (χ2n) is 3.40. The van der Waals surface area contributed by atoms with E-state index >= 15 is 0 Å². The van der Waals surface area contributed by atoms with Gasteiger partial charge in [0.25, 0.3) is 0 Å². The molecule has 15 heavy (non-hydrogen) atoms. The molecule has 0 saturated heterocycles. The molecule has 1 aromatic rings. The van der Waals surface area contributed by atoms with Crippen molar-refractivity contribution in [3.63, 3.8) is 0 Å². The molecule has 0 aliphatic carbocycles. The zero-order chi connectivity index (χ0) is 10.6. The fourth-order valence-electron chi connectivity index (χ4n) is 1.36. The van der Waals surface area contributed by atoms with Crippen molar-refractivity contribution in [2.75, 3.05) is 14.2 Å². The Morgan fingerprint density at radius 2 is 1.60 bits per heavy atom. The van der Waals surface area contributed by atoms with Crippen molar-refractivity contribution in [3.05, 3.63) is 23.8 Å². The number of methoxy groups -OCH3 is 2. The van der Waals surface area contributed by atoms with Gasteiger partial charge >= 0.3 is 0 Å². The summed E-state index contributed by atoms with van der Waals surface area (Å²) in [5.41, 5.74) is 6.86. The van der Waals surface area contributed by atoms with Crippen molar-refractivity contribution < 1.29 is 9.47 Å². The maximum atomic E-state index is 5.73. The summed E-state index contributed by atoms with van der Waals surface area (Å²) >= 11 is 0. The maximum absolute atomic E-state index is 5.73. The van der Waals surface area contributed by atoms with Gasteiger partial charge in [0.2, 0.25) is 0 Å². The van der Waals surface area contributed by atoms with Crippen LogP contribution in [0.3, 0.4) is 0 Å². The second kappa shape index (κ2) is 6.53. The highest BCUT2D eigenvalue weighted by molar-refractivity contribution is 5.85. The highest BCUT2D eigenvalue weighted by Gasteiger charge is 2.03. The summed E-state index contributed by atoms with van der Waals surface area (Å²) in [5.74, 6) is 1.61. The zero-order valence-corrected chi connectivity index (χ0v) is 10.1. The lowest BCUT2D eigenvalue weighted by atomic mass is 10.1. The van der Waals surface area contributed by atoms with Gasteiger partial charge in [0.1, 0.15) is 11.5 Å². The van der Waals surface area contributed by atoms with Gasteiger partial charge in [-0.15, -0.1) is 12.4 Å². The first-order valence-corrected chi connectivity index (χ1v) is 4.63. The maximum Gasteiger partial charge on any atom is 0.122 e. The molecule has 0 aromatic heterocycles. The van der Waals surface area contributed by atoms with Crippen molar-refractivity contribution in [2.45, 2.75) is 19.4 Å². The Hall–Kier alpha value is -0.930. The van der Waals surface area contributed by atoms with Crippen LogP contribution in [-0.4, -0.2) is 20.3 Å². The van der Waals surface area contributed by atoms with E-state index in [0.29, 0.717) is 0 Å². The van der Waals surface area contributed by atoms with E-state index in [1.807, 2.05) is 25.1 Å². The van der Waals surface area contributed by atoms with E-state index in [4.69, 9.17) is 15.2 Å². The third-order valence-electron chi connectivity index (χ3n) is 1.97. The van der Waals surface area contributed by atoms with E-state index in [1.165, 1.54) is 0 Å². The van der Waals surface area contributed by atoms with Crippen molar-refractivity contribution >= 4 is 12.4 Å². The van der Waals surface area contributed by atoms with Crippen molar-refractivity contribution in [1.82, 2.24) is 0 Å². The minimum Gasteiger partial charge on any atom is -0.497 e. The van der Waals surface area contributed by atoms with E-state index < -0.39 is 0 Å². The molecular formula is C11H18ClNO2. The number of halogens is 1. The lowest BCUT2D eigenvalue weighted by Gasteiger charge is -2.09. The highest BCUT2D eigenvalue weighted by atomic mass is 35.5. The van der Waals surface area contributed by atoms with Crippen LogP contribution in [-0.2, 0) is 6.42 Å². The van der Waals surface area contributed by atoms with Gasteiger partial charge in [-0.3, -0.25) is 0 Å². The summed E-state index contributed by atoms with van der Waals surface area (Å²) in [4.78, 5) is 0. The first-order valence-electron chi connectivity index (χ1n) is 4.63. The Morgan fingerprint density at radius 1 is 1.13 bits per heavy atom. The van der Waals surface area contributed by atoms with Gasteiger partial charge in [0.05, 0.1) is 14.2 Å². The molecule has 0 saturated carbocycles. The monoisotopic (exact) mass is 231 g/mol. The van der Waals surface area contributed by atoms with Gasteiger partial charge in [-0.1, -0.05) is 0 Å². The van der Waals surface area contributed by atoms with E-state index in [9.17, 15) is 0 Å². The second-order valence-corrected chi connectivity index (χ2v) is 3.40. The third kappa shape index (κ3) is 4.40. The van der Waals surface area contributed by atoms with Crippen molar-refractivity contribution in [1.29, 1.82) is 0 Å². The molecule has 0 heterocycles. The number of nitrogens with two attached hydrogens (primary N) is 1. The van der Waals surface area contributed by atoms with Crippen LogP contribution in [0.25, 0.3) is 0 Å². The Kier molecular flexibility index (Phi) is 6.13. The summed E-state index contributed by atoms with van der Waals surface area (Å²) in [6.45, 7) is 1.98. The minimum absolute atomic E-state index is 0. The summed E-state index contributed by atoms with van der Waals surface area (Å²) < 4.78 is 10.3. The van der Waals surface area contributed by atoms with Crippen molar-refractivity contribution in [2.24, 2.45) is 5.73 Å². The zero-order valence-electron chi connectivity index (χ0n) is 9.32. The smallest absolute Gasteiger partial charge is 0.122 e. The predicted molar refractivity (Wildman–Crippen MR) is 64.1 cm³/mol. The number of rotatable bonds is 4. The Bertz CT molecular complexity index is 280. The fraction of sp³-hybridized carbons (Fsp3) is 0.455. The first kappa shape index (κ1) is 14.1. The topological polar surface area (TPSA) is 44.5 Å². The molecule has 1 atom stereocenters. The van der Waals surface area contributed by atoms with Gasteiger partial charge in [0, 0.05) is 12.1 Å². The molecule has 0 aliphatic heterocycles. The summed E-state index contributed by atoms with van der Waals surface area (Å²) in [7, 11) is 3.29. The molecule has 0 amide bonds. The van der Waals surface area contributed by atoms with Gasteiger partial charge in [-0.2, -0.15) is 0 Å². The lowest BCUT2D eigenvalue weighted by Crippen LogP contribution is -2.17. The van der Waals surface area contributed by atoms with Crippen LogP contribution >= 0.6 is 12.4 Å². The van der Waals surface area contributed by atoms with Gasteiger partial charge in [0.15, 0.2) is 0 Å². The fourth-order valence-corrected chi connectivity index (χ4v) is 1.36. The van der Waals surface area contributed by atoms with Crippen LogP contribution < -0.4 is 15.2 Å². The molecule has 4 heteroatoms. The summed E-state index contributed by atoms with van der Waals surface area (Å²) in [6, 6.07) is 5.95. The first-order chi connectivity index (χ1) is 6.65. The van der Waals surface area contributed by atoms with Crippen LogP contribution in [0.5, 0.6) is 11.5 Å². The van der Waals surface area contributed by atoms with Gasteiger partial charge < -0.3 is 15.2 Å². The van der Waals surface area contributed by atoms with Crippen molar-refractivity contribution in [3.8, 4) is 11.5 Å². The van der Waals surface area contributed by atoms with Crippen LogP contribution in [0.15, 0.2) is 18.2 Å². The normalized spacial score (nSPS) is 11.5. The van der Waals surface area contributed by atoms with E-state index in [1.54, 1.807) is 14.2 Å². The molecule has 0 unspecified atom stereocenters. The Labute approximate surface area is 97.0 Å². The Balaban J connectivity index is 0.00000196. The molecule has 1 aromatic carbocycles. The average Bonchev–Trinajstić information content (AvgIpc) is 2.16. The molecule has 1 rings (SSSR count). The largest absolute Gasteiger partial charge is 0.497 e. The number of ether oxygens (including phenoxy) is 2. The molecule has 0 radical (unpaired) electrons. The van der Waals surface area contributed by atoms with E-state index in [-0.39, 0.29) is 18.4 Å². The molecule has 3 nitrogen and oxygen atoms in total. The molecule has 86 valence electrons. The molecule has 0 spiro atoms.